The predicted octanol–water partition coefficient (Wildman–Crippen LogP) is 7.05. The average molecular weight is 528 g/mol. The lowest BCUT2D eigenvalue weighted by molar-refractivity contribution is 0.0977. The number of carbonyl (C=O) groups is 1. The summed E-state index contributed by atoms with van der Waals surface area (Å²) >= 11 is 8.87. The van der Waals surface area contributed by atoms with Crippen molar-refractivity contribution < 1.29 is 9.21 Å². The maximum Gasteiger partial charge on any atom is 0.257 e. The lowest BCUT2D eigenvalue weighted by atomic mass is 10.0. The molecule has 1 heterocycles. The summed E-state index contributed by atoms with van der Waals surface area (Å²) in [5.41, 5.74) is 5.57. The first-order valence-electron chi connectivity index (χ1n) is 10.5. The molecule has 0 saturated carbocycles. The number of hydrogen-bond acceptors (Lipinski definition) is 4. The normalized spacial score (nSPS) is 10.7. The molecule has 0 atom stereocenters. The maximum atomic E-state index is 12.6. The monoisotopic (exact) mass is 527 g/mol. The van der Waals surface area contributed by atoms with Crippen LogP contribution in [-0.2, 0) is 0 Å². The van der Waals surface area contributed by atoms with Crippen LogP contribution in [0.4, 0.5) is 5.69 Å². The zero-order valence-corrected chi connectivity index (χ0v) is 20.2. The van der Waals surface area contributed by atoms with E-state index in [9.17, 15) is 4.79 Å². The van der Waals surface area contributed by atoms with Gasteiger partial charge in [0.2, 0.25) is 5.89 Å². The van der Waals surface area contributed by atoms with Crippen LogP contribution in [-0.4, -0.2) is 16.0 Å². The summed E-state index contributed by atoms with van der Waals surface area (Å²) in [5.74, 6) is 0.241. The molecule has 2 N–H and O–H groups in total. The van der Waals surface area contributed by atoms with Crippen LogP contribution in [0.5, 0.6) is 0 Å². The molecule has 0 saturated heterocycles. The van der Waals surface area contributed by atoms with Gasteiger partial charge in [0.15, 0.2) is 10.7 Å². The number of halogens is 1. The maximum absolute atomic E-state index is 12.6. The highest BCUT2D eigenvalue weighted by atomic mass is 79.9. The summed E-state index contributed by atoms with van der Waals surface area (Å²) in [6, 6.07) is 30.6. The Morgan fingerprint density at radius 1 is 0.853 bits per heavy atom. The highest BCUT2D eigenvalue weighted by Crippen LogP contribution is 2.31. The number of nitrogens with one attached hydrogen (secondary N) is 2. The first-order valence-corrected chi connectivity index (χ1v) is 11.7. The Morgan fingerprint density at radius 3 is 2.32 bits per heavy atom. The molecule has 4 aromatic carbocycles. The van der Waals surface area contributed by atoms with Crippen LogP contribution in [0.25, 0.3) is 33.7 Å². The minimum Gasteiger partial charge on any atom is -0.436 e. The van der Waals surface area contributed by atoms with Gasteiger partial charge in [0.25, 0.3) is 5.91 Å². The van der Waals surface area contributed by atoms with Gasteiger partial charge in [-0.2, -0.15) is 0 Å². The van der Waals surface area contributed by atoms with E-state index >= 15 is 0 Å². The smallest absolute Gasteiger partial charge is 0.257 e. The van der Waals surface area contributed by atoms with Crippen LogP contribution < -0.4 is 10.6 Å². The van der Waals surface area contributed by atoms with Crippen molar-refractivity contribution in [1.82, 2.24) is 10.3 Å². The van der Waals surface area contributed by atoms with Crippen LogP contribution in [0.1, 0.15) is 10.4 Å². The van der Waals surface area contributed by atoms with Gasteiger partial charge in [-0.1, -0.05) is 54.6 Å². The van der Waals surface area contributed by atoms with Crippen molar-refractivity contribution in [2.75, 3.05) is 5.32 Å². The van der Waals surface area contributed by atoms with Gasteiger partial charge in [-0.15, -0.1) is 0 Å². The summed E-state index contributed by atoms with van der Waals surface area (Å²) < 4.78 is 6.79. The molecule has 5 nitrogen and oxygen atoms in total. The molecular formula is C27H18BrN3O2S. The number of rotatable bonds is 4. The van der Waals surface area contributed by atoms with Gasteiger partial charge >= 0.3 is 0 Å². The van der Waals surface area contributed by atoms with E-state index in [0.29, 0.717) is 28.2 Å². The molecule has 0 bridgehead atoms. The first kappa shape index (κ1) is 22.0. The Labute approximate surface area is 210 Å². The zero-order chi connectivity index (χ0) is 23.5. The van der Waals surface area contributed by atoms with Crippen LogP contribution in [0.2, 0.25) is 0 Å². The molecule has 1 amide bonds. The van der Waals surface area contributed by atoms with E-state index in [2.05, 4.69) is 31.5 Å². The lowest BCUT2D eigenvalue weighted by Gasteiger charge is -2.10. The molecular weight excluding hydrogens is 510 g/mol. The Kier molecular flexibility index (Phi) is 6.20. The number of oxazole rings is 1. The highest BCUT2D eigenvalue weighted by molar-refractivity contribution is 9.10. The van der Waals surface area contributed by atoms with Crippen molar-refractivity contribution in [2.45, 2.75) is 0 Å². The second kappa shape index (κ2) is 9.59. The Bertz CT molecular complexity index is 1500. The molecule has 5 aromatic rings. The van der Waals surface area contributed by atoms with Crippen LogP contribution in [0.3, 0.4) is 0 Å². The molecule has 0 aliphatic rings. The second-order valence-corrected chi connectivity index (χ2v) is 8.80. The number of carbonyl (C=O) groups excluding carboxylic acids is 1. The summed E-state index contributed by atoms with van der Waals surface area (Å²) in [4.78, 5) is 17.2. The summed E-state index contributed by atoms with van der Waals surface area (Å²) in [6.45, 7) is 0. The van der Waals surface area contributed by atoms with Crippen LogP contribution in [0, 0.1) is 0 Å². The number of amides is 1. The van der Waals surface area contributed by atoms with E-state index in [1.807, 2.05) is 84.9 Å². The molecule has 0 radical (unpaired) electrons. The number of nitrogens with zero attached hydrogens (tertiary/aromatic N) is 1. The van der Waals surface area contributed by atoms with Gasteiger partial charge in [0, 0.05) is 15.7 Å². The van der Waals surface area contributed by atoms with Crippen LogP contribution in [0.15, 0.2) is 106 Å². The van der Waals surface area contributed by atoms with Gasteiger partial charge in [-0.3, -0.25) is 10.1 Å². The summed E-state index contributed by atoms with van der Waals surface area (Å²) in [6.07, 6.45) is 0. The van der Waals surface area contributed by atoms with Crippen molar-refractivity contribution in [2.24, 2.45) is 0 Å². The van der Waals surface area contributed by atoms with Crippen molar-refractivity contribution >= 4 is 56.0 Å². The molecule has 0 fully saturated rings. The minimum atomic E-state index is -0.282. The third-order valence-electron chi connectivity index (χ3n) is 5.23. The quantitative estimate of drug-likeness (QED) is 0.245. The molecule has 0 aliphatic carbocycles. The largest absolute Gasteiger partial charge is 0.436 e. The minimum absolute atomic E-state index is 0.200. The molecule has 0 aliphatic heterocycles. The van der Waals surface area contributed by atoms with Crippen molar-refractivity contribution in [3.63, 3.8) is 0 Å². The molecule has 166 valence electrons. The molecule has 34 heavy (non-hydrogen) atoms. The third-order valence-corrected chi connectivity index (χ3v) is 6.13. The molecule has 1 aromatic heterocycles. The predicted molar refractivity (Wildman–Crippen MR) is 143 cm³/mol. The SMILES string of the molecule is O=C(NC(=S)Nc1ccc2oc(-c3ccccc3Br)nc2c1)c1ccc(-c2ccccc2)cc1. The highest BCUT2D eigenvalue weighted by Gasteiger charge is 2.13. The van der Waals surface area contributed by atoms with Gasteiger partial charge in [0.1, 0.15) is 5.52 Å². The van der Waals surface area contributed by atoms with E-state index in [-0.39, 0.29) is 11.0 Å². The number of hydrogen-bond donors (Lipinski definition) is 2. The van der Waals surface area contributed by atoms with Gasteiger partial charge < -0.3 is 9.73 Å². The van der Waals surface area contributed by atoms with Crippen molar-refractivity contribution in [3.05, 3.63) is 107 Å². The Balaban J connectivity index is 1.26. The lowest BCUT2D eigenvalue weighted by Crippen LogP contribution is -2.34. The standard InChI is InChI=1S/C27H18BrN3O2S/c28-22-9-5-4-8-21(22)26-30-23-16-20(14-15-24(23)33-26)29-27(34)31-25(32)19-12-10-18(11-13-19)17-6-2-1-3-7-17/h1-16H,(H2,29,31,32,34). The van der Waals surface area contributed by atoms with E-state index in [1.165, 1.54) is 0 Å². The average Bonchev–Trinajstić information content (AvgIpc) is 3.28. The van der Waals surface area contributed by atoms with E-state index in [0.717, 1.165) is 21.2 Å². The van der Waals surface area contributed by atoms with Crippen molar-refractivity contribution in [3.8, 4) is 22.6 Å². The molecule has 0 spiro atoms. The third kappa shape index (κ3) is 4.76. The Hall–Kier alpha value is -3.81. The van der Waals surface area contributed by atoms with Gasteiger partial charge in [-0.25, -0.2) is 4.98 Å². The fourth-order valence-electron chi connectivity index (χ4n) is 3.54. The van der Waals surface area contributed by atoms with Gasteiger partial charge in [-0.05, 0) is 81.7 Å². The topological polar surface area (TPSA) is 67.2 Å². The van der Waals surface area contributed by atoms with E-state index < -0.39 is 0 Å². The fourth-order valence-corrected chi connectivity index (χ4v) is 4.20. The first-order chi connectivity index (χ1) is 16.6. The Morgan fingerprint density at radius 2 is 1.56 bits per heavy atom. The van der Waals surface area contributed by atoms with Crippen LogP contribution >= 0.6 is 28.1 Å². The molecule has 5 rings (SSSR count). The second-order valence-electron chi connectivity index (χ2n) is 7.53. The van der Waals surface area contributed by atoms with Crippen molar-refractivity contribution in [1.29, 1.82) is 0 Å². The number of benzene rings is 4. The number of thiocarbonyl (C=S) groups is 1. The number of anilines is 1. The molecule has 0 unspecified atom stereocenters. The zero-order valence-electron chi connectivity index (χ0n) is 17.8. The summed E-state index contributed by atoms with van der Waals surface area (Å²) in [7, 11) is 0. The molecule has 7 heteroatoms. The van der Waals surface area contributed by atoms with Gasteiger partial charge in [0.05, 0.1) is 5.56 Å². The fraction of sp³-hybridized carbons (Fsp3) is 0. The number of fused-ring (bicyclic) bond motifs is 1. The summed E-state index contributed by atoms with van der Waals surface area (Å²) in [5, 5.41) is 5.96. The number of aromatic nitrogens is 1. The van der Waals surface area contributed by atoms with E-state index in [1.54, 1.807) is 12.1 Å². The van der Waals surface area contributed by atoms with E-state index in [4.69, 9.17) is 16.6 Å².